The first-order valence-corrected chi connectivity index (χ1v) is 11.0. The van der Waals surface area contributed by atoms with Crippen LogP contribution in [-0.2, 0) is 12.8 Å². The maximum absolute atomic E-state index is 10.7. The lowest BCUT2D eigenvalue weighted by molar-refractivity contribution is 0.476. The molecule has 0 radical (unpaired) electrons. The van der Waals surface area contributed by atoms with Crippen molar-refractivity contribution >= 4 is 0 Å². The van der Waals surface area contributed by atoms with Crippen LogP contribution in [0.25, 0.3) is 34.2 Å². The van der Waals surface area contributed by atoms with Crippen LogP contribution < -0.4 is 0 Å². The minimum Gasteiger partial charge on any atom is -0.507 e. The number of aromatic hydroxyl groups is 2. The lowest BCUT2D eigenvalue weighted by atomic mass is 10.0. The number of nitrogens with zero attached hydrogens (tertiary/aromatic N) is 3. The van der Waals surface area contributed by atoms with Gasteiger partial charge in [0, 0.05) is 5.56 Å². The summed E-state index contributed by atoms with van der Waals surface area (Å²) in [5.41, 5.74) is 4.04. The van der Waals surface area contributed by atoms with Crippen molar-refractivity contribution in [2.75, 3.05) is 0 Å². The highest BCUT2D eigenvalue weighted by molar-refractivity contribution is 5.72. The summed E-state index contributed by atoms with van der Waals surface area (Å²) in [7, 11) is 0. The molecule has 5 nitrogen and oxygen atoms in total. The molecule has 2 N–H and O–H groups in total. The fourth-order valence-electron chi connectivity index (χ4n) is 3.75. The van der Waals surface area contributed by atoms with Crippen molar-refractivity contribution in [3.8, 4) is 45.7 Å². The second-order valence-corrected chi connectivity index (χ2v) is 7.88. The van der Waals surface area contributed by atoms with Crippen LogP contribution in [0.4, 0.5) is 0 Å². The number of hydrogen-bond acceptors (Lipinski definition) is 5. The van der Waals surface area contributed by atoms with E-state index in [1.54, 1.807) is 12.1 Å². The van der Waals surface area contributed by atoms with Gasteiger partial charge in [0.05, 0.1) is 11.1 Å². The first-order chi connectivity index (χ1) is 15.6. The predicted molar refractivity (Wildman–Crippen MR) is 127 cm³/mol. The summed E-state index contributed by atoms with van der Waals surface area (Å²) in [6.07, 6.45) is 3.79. The molecule has 0 bridgehead atoms. The number of hydrogen-bond donors (Lipinski definition) is 2. The highest BCUT2D eigenvalue weighted by Crippen LogP contribution is 2.33. The third kappa shape index (κ3) is 4.62. The predicted octanol–water partition coefficient (Wildman–Crippen LogP) is 6.19. The second kappa shape index (κ2) is 9.60. The molecule has 0 spiro atoms. The van der Waals surface area contributed by atoms with Gasteiger partial charge < -0.3 is 10.2 Å². The Morgan fingerprint density at radius 1 is 0.594 bits per heavy atom. The minimum atomic E-state index is 0.134. The summed E-state index contributed by atoms with van der Waals surface area (Å²) in [5.74, 6) is 1.49. The van der Waals surface area contributed by atoms with E-state index >= 15 is 0 Å². The minimum absolute atomic E-state index is 0.134. The van der Waals surface area contributed by atoms with E-state index in [9.17, 15) is 10.2 Å². The summed E-state index contributed by atoms with van der Waals surface area (Å²) < 4.78 is 0. The van der Waals surface area contributed by atoms with Gasteiger partial charge in [-0.05, 0) is 48.2 Å². The van der Waals surface area contributed by atoms with Crippen molar-refractivity contribution in [1.29, 1.82) is 0 Å². The van der Waals surface area contributed by atoms with Crippen molar-refractivity contribution in [3.05, 3.63) is 77.9 Å². The van der Waals surface area contributed by atoms with Gasteiger partial charge in [0.2, 0.25) is 0 Å². The van der Waals surface area contributed by atoms with Crippen molar-refractivity contribution in [1.82, 2.24) is 15.0 Å². The van der Waals surface area contributed by atoms with Crippen LogP contribution in [-0.4, -0.2) is 25.2 Å². The third-order valence-electron chi connectivity index (χ3n) is 5.35. The maximum atomic E-state index is 10.7. The fraction of sp³-hybridized carbons (Fsp3) is 0.222. The Labute approximate surface area is 188 Å². The maximum Gasteiger partial charge on any atom is 0.167 e. The molecular formula is C27H27N3O2. The molecule has 3 aromatic carbocycles. The van der Waals surface area contributed by atoms with Gasteiger partial charge in [-0.1, -0.05) is 69.2 Å². The zero-order valence-electron chi connectivity index (χ0n) is 18.4. The fourth-order valence-corrected chi connectivity index (χ4v) is 3.75. The van der Waals surface area contributed by atoms with Gasteiger partial charge in [0.15, 0.2) is 17.5 Å². The molecule has 4 aromatic rings. The van der Waals surface area contributed by atoms with Crippen LogP contribution >= 0.6 is 0 Å². The van der Waals surface area contributed by atoms with Crippen LogP contribution in [0.2, 0.25) is 0 Å². The van der Waals surface area contributed by atoms with Gasteiger partial charge in [-0.2, -0.15) is 0 Å². The van der Waals surface area contributed by atoms with E-state index in [2.05, 4.69) is 28.8 Å². The number of benzene rings is 3. The molecule has 1 heterocycles. The van der Waals surface area contributed by atoms with Crippen LogP contribution in [0.1, 0.15) is 37.8 Å². The molecule has 0 saturated heterocycles. The molecule has 4 rings (SSSR count). The highest BCUT2D eigenvalue weighted by Gasteiger charge is 2.17. The molecule has 0 aliphatic heterocycles. The average molecular weight is 426 g/mol. The van der Waals surface area contributed by atoms with Crippen molar-refractivity contribution in [3.63, 3.8) is 0 Å². The van der Waals surface area contributed by atoms with E-state index in [0.717, 1.165) is 42.4 Å². The Kier molecular flexibility index (Phi) is 6.45. The highest BCUT2D eigenvalue weighted by atomic mass is 16.3. The molecule has 162 valence electrons. The summed E-state index contributed by atoms with van der Waals surface area (Å²) in [6, 6.07) is 20.8. The number of phenolic OH excluding ortho intramolecular Hbond substituents is 2. The molecule has 32 heavy (non-hydrogen) atoms. The molecule has 0 fully saturated rings. The molecule has 0 amide bonds. The third-order valence-corrected chi connectivity index (χ3v) is 5.35. The van der Waals surface area contributed by atoms with E-state index in [-0.39, 0.29) is 11.5 Å². The van der Waals surface area contributed by atoms with Gasteiger partial charge in [-0.25, -0.2) is 15.0 Å². The Morgan fingerprint density at radius 2 is 1.06 bits per heavy atom. The monoisotopic (exact) mass is 425 g/mol. The largest absolute Gasteiger partial charge is 0.507 e. The van der Waals surface area contributed by atoms with E-state index in [1.165, 1.54) is 0 Å². The van der Waals surface area contributed by atoms with E-state index in [1.807, 2.05) is 54.6 Å². The van der Waals surface area contributed by atoms with Crippen molar-refractivity contribution in [2.45, 2.75) is 39.5 Å². The molecule has 0 aliphatic rings. The van der Waals surface area contributed by atoms with Gasteiger partial charge in [0.1, 0.15) is 11.5 Å². The van der Waals surface area contributed by atoms with Gasteiger partial charge >= 0.3 is 0 Å². The average Bonchev–Trinajstić information content (AvgIpc) is 2.80. The van der Waals surface area contributed by atoms with E-state index in [4.69, 9.17) is 0 Å². The Balaban J connectivity index is 1.86. The Bertz CT molecular complexity index is 1150. The summed E-state index contributed by atoms with van der Waals surface area (Å²) in [4.78, 5) is 13.9. The summed E-state index contributed by atoms with van der Waals surface area (Å²) in [6.45, 7) is 4.21. The first-order valence-electron chi connectivity index (χ1n) is 11.0. The van der Waals surface area contributed by atoms with Crippen LogP contribution in [0.15, 0.2) is 66.7 Å². The molecule has 0 atom stereocenters. The standard InChI is InChI=1S/C27H27N3O2/c1-3-8-18-12-14-21(23(31)16-18)26-28-25(20-10-6-5-7-11-20)29-27(30-26)22-15-13-19(9-4-2)17-24(22)32/h5-7,10-17,31-32H,3-4,8-9H2,1-2H3. The van der Waals surface area contributed by atoms with Crippen LogP contribution in [0.5, 0.6) is 11.5 Å². The van der Waals surface area contributed by atoms with Crippen LogP contribution in [0, 0.1) is 0 Å². The topological polar surface area (TPSA) is 79.1 Å². The number of phenols is 2. The molecule has 5 heteroatoms. The zero-order valence-corrected chi connectivity index (χ0v) is 18.4. The van der Waals surface area contributed by atoms with E-state index in [0.29, 0.717) is 28.6 Å². The normalized spacial score (nSPS) is 10.9. The van der Waals surface area contributed by atoms with Gasteiger partial charge in [-0.15, -0.1) is 0 Å². The zero-order chi connectivity index (χ0) is 22.5. The second-order valence-electron chi connectivity index (χ2n) is 7.88. The lowest BCUT2D eigenvalue weighted by Gasteiger charge is -2.11. The SMILES string of the molecule is CCCc1ccc(-c2nc(-c3ccccc3)nc(-c3ccc(CCC)cc3O)n2)c(O)c1. The van der Waals surface area contributed by atoms with Crippen molar-refractivity contribution < 1.29 is 10.2 Å². The first kappa shape index (κ1) is 21.5. The lowest BCUT2D eigenvalue weighted by Crippen LogP contribution is -2.01. The number of aryl methyl sites for hydroxylation is 2. The number of aromatic nitrogens is 3. The van der Waals surface area contributed by atoms with Crippen LogP contribution in [0.3, 0.4) is 0 Å². The van der Waals surface area contributed by atoms with E-state index < -0.39 is 0 Å². The molecular weight excluding hydrogens is 398 g/mol. The van der Waals surface area contributed by atoms with Gasteiger partial charge in [0.25, 0.3) is 0 Å². The Hall–Kier alpha value is -3.73. The van der Waals surface area contributed by atoms with Gasteiger partial charge in [-0.3, -0.25) is 0 Å². The molecule has 0 unspecified atom stereocenters. The summed E-state index contributed by atoms with van der Waals surface area (Å²) in [5, 5.41) is 21.4. The van der Waals surface area contributed by atoms with Crippen molar-refractivity contribution in [2.24, 2.45) is 0 Å². The number of rotatable bonds is 7. The smallest absolute Gasteiger partial charge is 0.167 e. The quantitative estimate of drug-likeness (QED) is 0.369. The molecule has 0 saturated carbocycles. The molecule has 0 aliphatic carbocycles. The summed E-state index contributed by atoms with van der Waals surface area (Å²) >= 11 is 0. The molecule has 1 aromatic heterocycles. The Morgan fingerprint density at radius 3 is 1.50 bits per heavy atom.